The van der Waals surface area contributed by atoms with E-state index in [1.165, 1.54) is 12.8 Å². The molecule has 1 aliphatic carbocycles. The predicted molar refractivity (Wildman–Crippen MR) is 82.8 cm³/mol. The highest BCUT2D eigenvalue weighted by Crippen LogP contribution is 2.26. The predicted octanol–water partition coefficient (Wildman–Crippen LogP) is 2.98. The summed E-state index contributed by atoms with van der Waals surface area (Å²) in [4.78, 5) is 8.90. The molecule has 2 aromatic heterocycles. The summed E-state index contributed by atoms with van der Waals surface area (Å²) in [5.41, 5.74) is 3.03. The summed E-state index contributed by atoms with van der Waals surface area (Å²) in [5.74, 6) is 1.52. The van der Waals surface area contributed by atoms with E-state index in [-0.39, 0.29) is 0 Å². The lowest BCUT2D eigenvalue weighted by atomic mass is 10.2. The molecular formula is C15H16N6. The van der Waals surface area contributed by atoms with Gasteiger partial charge in [-0.05, 0) is 38.0 Å². The molecule has 0 unspecified atom stereocenters. The Hall–Kier alpha value is -2.63. The molecule has 4 rings (SSSR count). The number of aryl methyl sites for hydroxylation is 1. The van der Waals surface area contributed by atoms with Crippen molar-refractivity contribution in [3.63, 3.8) is 0 Å². The maximum absolute atomic E-state index is 4.56. The summed E-state index contributed by atoms with van der Waals surface area (Å²) < 4.78 is 0. The largest absolute Gasteiger partial charge is 0.367 e. The molecule has 3 N–H and O–H groups in total. The van der Waals surface area contributed by atoms with Crippen molar-refractivity contribution in [3.8, 4) is 0 Å². The van der Waals surface area contributed by atoms with Crippen LogP contribution in [0.3, 0.4) is 0 Å². The van der Waals surface area contributed by atoms with E-state index in [1.807, 2.05) is 31.3 Å². The molecule has 6 heteroatoms. The molecule has 0 aliphatic heterocycles. The van der Waals surface area contributed by atoms with Crippen LogP contribution in [-0.4, -0.2) is 26.2 Å². The Balaban J connectivity index is 1.60. The summed E-state index contributed by atoms with van der Waals surface area (Å²) in [6, 6.07) is 6.57. The van der Waals surface area contributed by atoms with Crippen LogP contribution < -0.4 is 10.6 Å². The molecule has 0 radical (unpaired) electrons. The molecule has 1 saturated carbocycles. The van der Waals surface area contributed by atoms with Gasteiger partial charge in [0.25, 0.3) is 0 Å². The zero-order chi connectivity index (χ0) is 14.2. The lowest BCUT2D eigenvalue weighted by molar-refractivity contribution is 1.06. The second kappa shape index (κ2) is 4.73. The van der Waals surface area contributed by atoms with E-state index in [4.69, 9.17) is 0 Å². The number of H-pyrrole nitrogens is 1. The van der Waals surface area contributed by atoms with Crippen LogP contribution in [0.15, 0.2) is 30.6 Å². The minimum absolute atomic E-state index is 0.578. The molecule has 0 atom stereocenters. The van der Waals surface area contributed by atoms with Crippen LogP contribution in [0.5, 0.6) is 0 Å². The monoisotopic (exact) mass is 280 g/mol. The number of hydrogen-bond acceptors (Lipinski definition) is 5. The molecular weight excluding hydrogens is 264 g/mol. The lowest BCUT2D eigenvalue weighted by Crippen LogP contribution is -2.07. The molecule has 106 valence electrons. The number of benzene rings is 1. The Morgan fingerprint density at radius 1 is 1.24 bits per heavy atom. The van der Waals surface area contributed by atoms with Gasteiger partial charge in [-0.25, -0.2) is 4.98 Å². The SMILES string of the molecule is Cc1cnc(Nc2ccc3[nH]ncc3c2)nc1NC1CC1. The van der Waals surface area contributed by atoms with Crippen LogP contribution in [0.1, 0.15) is 18.4 Å². The Labute approximate surface area is 122 Å². The van der Waals surface area contributed by atoms with Crippen LogP contribution in [0.2, 0.25) is 0 Å². The van der Waals surface area contributed by atoms with Gasteiger partial charge in [0.15, 0.2) is 0 Å². The van der Waals surface area contributed by atoms with Crippen molar-refractivity contribution in [2.75, 3.05) is 10.6 Å². The minimum atomic E-state index is 0.578. The van der Waals surface area contributed by atoms with E-state index >= 15 is 0 Å². The number of nitrogens with one attached hydrogen (secondary N) is 3. The first kappa shape index (κ1) is 12.1. The first-order valence-electron chi connectivity index (χ1n) is 7.08. The summed E-state index contributed by atoms with van der Waals surface area (Å²) in [7, 11) is 0. The summed E-state index contributed by atoms with van der Waals surface area (Å²) >= 11 is 0. The van der Waals surface area contributed by atoms with E-state index in [1.54, 1.807) is 6.20 Å². The quantitative estimate of drug-likeness (QED) is 0.684. The third-order valence-electron chi connectivity index (χ3n) is 3.59. The lowest BCUT2D eigenvalue weighted by Gasteiger charge is -2.10. The fourth-order valence-corrected chi connectivity index (χ4v) is 2.22. The van der Waals surface area contributed by atoms with Gasteiger partial charge in [0.05, 0.1) is 11.7 Å². The average Bonchev–Trinajstić information content (AvgIpc) is 3.17. The van der Waals surface area contributed by atoms with E-state index in [0.29, 0.717) is 12.0 Å². The molecule has 0 amide bonds. The molecule has 21 heavy (non-hydrogen) atoms. The smallest absolute Gasteiger partial charge is 0.229 e. The summed E-state index contributed by atoms with van der Waals surface area (Å²) in [6.45, 7) is 2.02. The van der Waals surface area contributed by atoms with E-state index in [0.717, 1.165) is 28.0 Å². The van der Waals surface area contributed by atoms with Gasteiger partial charge >= 0.3 is 0 Å². The van der Waals surface area contributed by atoms with E-state index < -0.39 is 0 Å². The molecule has 2 heterocycles. The Morgan fingerprint density at radius 3 is 3.00 bits per heavy atom. The Morgan fingerprint density at radius 2 is 2.14 bits per heavy atom. The molecule has 3 aromatic rings. The van der Waals surface area contributed by atoms with Gasteiger partial charge in [-0.15, -0.1) is 0 Å². The molecule has 1 aliphatic rings. The third-order valence-corrected chi connectivity index (χ3v) is 3.59. The molecule has 0 saturated heterocycles. The van der Waals surface area contributed by atoms with Gasteiger partial charge in [-0.3, -0.25) is 5.10 Å². The average molecular weight is 280 g/mol. The van der Waals surface area contributed by atoms with E-state index in [9.17, 15) is 0 Å². The number of hydrogen-bond donors (Lipinski definition) is 3. The molecule has 1 fully saturated rings. The first-order valence-corrected chi connectivity index (χ1v) is 7.08. The third kappa shape index (κ3) is 2.52. The van der Waals surface area contributed by atoms with Crippen LogP contribution in [0.4, 0.5) is 17.5 Å². The topological polar surface area (TPSA) is 78.5 Å². The maximum atomic E-state index is 4.56. The zero-order valence-electron chi connectivity index (χ0n) is 11.7. The van der Waals surface area contributed by atoms with Crippen molar-refractivity contribution in [3.05, 3.63) is 36.2 Å². The van der Waals surface area contributed by atoms with Crippen molar-refractivity contribution >= 4 is 28.4 Å². The van der Waals surface area contributed by atoms with Crippen molar-refractivity contribution in [2.24, 2.45) is 0 Å². The van der Waals surface area contributed by atoms with Crippen LogP contribution in [0, 0.1) is 6.92 Å². The number of anilines is 3. The second-order valence-corrected chi connectivity index (χ2v) is 5.44. The maximum Gasteiger partial charge on any atom is 0.229 e. The number of rotatable bonds is 4. The van der Waals surface area contributed by atoms with Gasteiger partial charge in [0.1, 0.15) is 5.82 Å². The van der Waals surface area contributed by atoms with Crippen molar-refractivity contribution < 1.29 is 0 Å². The standard InChI is InChI=1S/C15H16N6/c1-9-7-16-15(20-14(9)18-11-2-3-11)19-12-4-5-13-10(6-12)8-17-21-13/h4-8,11H,2-3H2,1H3,(H,17,21)(H2,16,18,19,20). The fourth-order valence-electron chi connectivity index (χ4n) is 2.22. The highest BCUT2D eigenvalue weighted by molar-refractivity contribution is 5.82. The second-order valence-electron chi connectivity index (χ2n) is 5.44. The number of nitrogens with zero attached hydrogens (tertiary/aromatic N) is 3. The van der Waals surface area contributed by atoms with Gasteiger partial charge in [-0.2, -0.15) is 10.1 Å². The number of aromatic nitrogens is 4. The summed E-state index contributed by atoms with van der Waals surface area (Å²) in [5, 5.41) is 14.7. The Kier molecular flexibility index (Phi) is 2.73. The number of fused-ring (bicyclic) bond motifs is 1. The number of aromatic amines is 1. The molecule has 0 spiro atoms. The van der Waals surface area contributed by atoms with Gasteiger partial charge < -0.3 is 10.6 Å². The molecule has 1 aromatic carbocycles. The summed E-state index contributed by atoms with van der Waals surface area (Å²) in [6.07, 6.45) is 6.10. The van der Waals surface area contributed by atoms with Gasteiger partial charge in [0.2, 0.25) is 5.95 Å². The normalized spacial score (nSPS) is 14.3. The van der Waals surface area contributed by atoms with Crippen molar-refractivity contribution in [1.82, 2.24) is 20.2 Å². The highest BCUT2D eigenvalue weighted by atomic mass is 15.2. The molecule has 6 nitrogen and oxygen atoms in total. The van der Waals surface area contributed by atoms with Crippen molar-refractivity contribution in [2.45, 2.75) is 25.8 Å². The van der Waals surface area contributed by atoms with Gasteiger partial charge in [0, 0.05) is 28.9 Å². The molecule has 0 bridgehead atoms. The Bertz CT molecular complexity index is 790. The van der Waals surface area contributed by atoms with Gasteiger partial charge in [-0.1, -0.05) is 0 Å². The van der Waals surface area contributed by atoms with Crippen LogP contribution in [-0.2, 0) is 0 Å². The zero-order valence-corrected chi connectivity index (χ0v) is 11.7. The first-order chi connectivity index (χ1) is 10.3. The highest BCUT2D eigenvalue weighted by Gasteiger charge is 2.22. The fraction of sp³-hybridized carbons (Fsp3) is 0.267. The van der Waals surface area contributed by atoms with Crippen LogP contribution >= 0.6 is 0 Å². The van der Waals surface area contributed by atoms with E-state index in [2.05, 4.69) is 30.8 Å². The van der Waals surface area contributed by atoms with Crippen molar-refractivity contribution in [1.29, 1.82) is 0 Å². The minimum Gasteiger partial charge on any atom is -0.367 e. The van der Waals surface area contributed by atoms with Crippen LogP contribution in [0.25, 0.3) is 10.9 Å².